The molecule has 0 N–H and O–H groups in total. The number of hydrogen-bond donors (Lipinski definition) is 0. The van der Waals surface area contributed by atoms with Crippen molar-refractivity contribution < 1.29 is 23.1 Å². The number of anilines is 1. The third-order valence-electron chi connectivity index (χ3n) is 4.32. The first-order valence-electron chi connectivity index (χ1n) is 8.85. The molecule has 0 radical (unpaired) electrons. The molecule has 0 heterocycles. The van der Waals surface area contributed by atoms with Crippen molar-refractivity contribution in [3.63, 3.8) is 0 Å². The molecule has 3 rings (SSSR count). The van der Waals surface area contributed by atoms with E-state index in [-0.39, 0.29) is 5.69 Å². The fraction of sp³-hybridized carbons (Fsp3) is 0.136. The maximum atomic E-state index is 11.9. The monoisotopic (exact) mass is 410 g/mol. The van der Waals surface area contributed by atoms with E-state index in [1.54, 1.807) is 18.2 Å². The molecule has 0 saturated heterocycles. The Bertz CT molecular complexity index is 1110. The zero-order valence-electron chi connectivity index (χ0n) is 16.0. The Morgan fingerprint density at radius 3 is 2.14 bits per heavy atom. The van der Waals surface area contributed by atoms with Gasteiger partial charge < -0.3 is 14.6 Å². The minimum absolute atomic E-state index is 0.280. The first-order chi connectivity index (χ1) is 13.7. The predicted molar refractivity (Wildman–Crippen MR) is 110 cm³/mol. The van der Waals surface area contributed by atoms with Crippen LogP contribution in [0.2, 0.25) is 0 Å². The largest absolute Gasteiger partial charge is 0.548 e. The molecule has 6 nitrogen and oxygen atoms in total. The molecule has 150 valence electrons. The topological polar surface area (TPSA) is 86.7 Å². The SMILES string of the molecule is Cc1cc(N(CC(=O)[O-])S(C)(=O)=O)ccc1-c1ccc(Oc2ccccc2)cc1. The number of nitrogens with zero attached hydrogens (tertiary/aromatic N) is 1. The van der Waals surface area contributed by atoms with Crippen molar-refractivity contribution in [2.75, 3.05) is 17.1 Å². The highest BCUT2D eigenvalue weighted by atomic mass is 32.2. The van der Waals surface area contributed by atoms with Gasteiger partial charge in [0.1, 0.15) is 11.5 Å². The minimum atomic E-state index is -3.75. The van der Waals surface area contributed by atoms with Crippen molar-refractivity contribution in [1.82, 2.24) is 0 Å². The maximum absolute atomic E-state index is 11.9. The second kappa shape index (κ2) is 8.36. The number of carboxylic acids is 1. The molecule has 0 saturated carbocycles. The average molecular weight is 410 g/mol. The van der Waals surface area contributed by atoms with Crippen LogP contribution in [-0.4, -0.2) is 27.2 Å². The second-order valence-electron chi connectivity index (χ2n) is 6.58. The molecular formula is C22H20NO5S-. The molecule has 7 heteroatoms. The zero-order chi connectivity index (χ0) is 21.0. The first-order valence-corrected chi connectivity index (χ1v) is 10.7. The molecule has 3 aromatic rings. The van der Waals surface area contributed by atoms with Gasteiger partial charge in [-0.1, -0.05) is 36.4 Å². The van der Waals surface area contributed by atoms with E-state index in [1.165, 1.54) is 0 Å². The smallest absolute Gasteiger partial charge is 0.232 e. The summed E-state index contributed by atoms with van der Waals surface area (Å²) < 4.78 is 30.5. The standard InChI is InChI=1S/C22H21NO5S/c1-16-14-18(23(15-22(24)25)29(2,26)27)10-13-21(16)17-8-11-20(12-9-17)28-19-6-4-3-5-7-19/h3-14H,15H2,1-2H3,(H,24,25)/p-1. The third kappa shape index (κ3) is 5.14. The van der Waals surface area contributed by atoms with Gasteiger partial charge in [-0.25, -0.2) is 8.42 Å². The lowest BCUT2D eigenvalue weighted by Crippen LogP contribution is -2.41. The summed E-state index contributed by atoms with van der Waals surface area (Å²) in [5.41, 5.74) is 2.93. The van der Waals surface area contributed by atoms with Crippen molar-refractivity contribution in [2.24, 2.45) is 0 Å². The van der Waals surface area contributed by atoms with Gasteiger partial charge in [0.25, 0.3) is 0 Å². The Kier molecular flexibility index (Phi) is 5.89. The lowest BCUT2D eigenvalue weighted by Gasteiger charge is -2.23. The molecule has 29 heavy (non-hydrogen) atoms. The van der Waals surface area contributed by atoms with Crippen LogP contribution in [0.4, 0.5) is 5.69 Å². The van der Waals surface area contributed by atoms with Crippen molar-refractivity contribution in [3.8, 4) is 22.6 Å². The van der Waals surface area contributed by atoms with Gasteiger partial charge in [-0.3, -0.25) is 4.31 Å². The Hall–Kier alpha value is -3.32. The van der Waals surface area contributed by atoms with E-state index >= 15 is 0 Å². The molecule has 0 bridgehead atoms. The lowest BCUT2D eigenvalue weighted by atomic mass is 10.00. The molecule has 0 aliphatic heterocycles. The number of carbonyl (C=O) groups excluding carboxylic acids is 1. The number of ether oxygens (including phenoxy) is 1. The third-order valence-corrected chi connectivity index (χ3v) is 5.46. The number of rotatable bonds is 7. The minimum Gasteiger partial charge on any atom is -0.548 e. The molecule has 3 aromatic carbocycles. The van der Waals surface area contributed by atoms with Gasteiger partial charge in [0.15, 0.2) is 0 Å². The van der Waals surface area contributed by atoms with Crippen LogP contribution < -0.4 is 14.1 Å². The summed E-state index contributed by atoms with van der Waals surface area (Å²) in [6.07, 6.45) is 0.963. The van der Waals surface area contributed by atoms with Gasteiger partial charge >= 0.3 is 0 Å². The highest BCUT2D eigenvalue weighted by Gasteiger charge is 2.18. The van der Waals surface area contributed by atoms with E-state index in [2.05, 4.69) is 0 Å². The van der Waals surface area contributed by atoms with Gasteiger partial charge in [-0.15, -0.1) is 0 Å². The van der Waals surface area contributed by atoms with E-state index in [0.29, 0.717) is 5.75 Å². The number of carboxylic acid groups (broad SMARTS) is 1. The van der Waals surface area contributed by atoms with Crippen LogP contribution in [0.25, 0.3) is 11.1 Å². The van der Waals surface area contributed by atoms with E-state index in [0.717, 1.165) is 33.0 Å². The highest BCUT2D eigenvalue weighted by Crippen LogP contribution is 2.30. The number of hydrogen-bond acceptors (Lipinski definition) is 5. The van der Waals surface area contributed by atoms with Crippen molar-refractivity contribution in [2.45, 2.75) is 6.92 Å². The van der Waals surface area contributed by atoms with Crippen LogP contribution >= 0.6 is 0 Å². The molecule has 0 atom stereocenters. The van der Waals surface area contributed by atoms with Gasteiger partial charge in [0.2, 0.25) is 10.0 Å². The number of carbonyl (C=O) groups is 1. The summed E-state index contributed by atoms with van der Waals surface area (Å²) >= 11 is 0. The summed E-state index contributed by atoms with van der Waals surface area (Å²) in [5, 5.41) is 10.9. The molecule has 0 aliphatic carbocycles. The van der Waals surface area contributed by atoms with Crippen LogP contribution in [0.5, 0.6) is 11.5 Å². The maximum Gasteiger partial charge on any atom is 0.232 e. The first kappa shape index (κ1) is 20.4. The van der Waals surface area contributed by atoms with Crippen molar-refractivity contribution in [1.29, 1.82) is 0 Å². The molecule has 0 spiro atoms. The second-order valence-corrected chi connectivity index (χ2v) is 8.49. The number of aliphatic carboxylic acids is 1. The molecule has 0 fully saturated rings. The highest BCUT2D eigenvalue weighted by molar-refractivity contribution is 7.92. The Labute approximate surface area is 170 Å². The molecule has 0 unspecified atom stereocenters. The Balaban J connectivity index is 1.85. The van der Waals surface area contributed by atoms with Crippen LogP contribution in [0, 0.1) is 6.92 Å². The van der Waals surface area contributed by atoms with Gasteiger partial charge in [-0.05, 0) is 60.0 Å². The molecule has 0 aliphatic rings. The molecular weight excluding hydrogens is 390 g/mol. The van der Waals surface area contributed by atoms with Crippen LogP contribution in [0.3, 0.4) is 0 Å². The van der Waals surface area contributed by atoms with Crippen LogP contribution in [0.1, 0.15) is 5.56 Å². The number of benzene rings is 3. The number of aryl methyl sites for hydroxylation is 1. The predicted octanol–water partition coefficient (Wildman–Crippen LogP) is 2.97. The summed E-state index contributed by atoms with van der Waals surface area (Å²) in [5.74, 6) is -0.0211. The van der Waals surface area contributed by atoms with E-state index in [1.807, 2.05) is 61.5 Å². The number of para-hydroxylation sites is 1. The van der Waals surface area contributed by atoms with E-state index in [4.69, 9.17) is 4.74 Å². The fourth-order valence-electron chi connectivity index (χ4n) is 2.97. The van der Waals surface area contributed by atoms with Gasteiger partial charge in [0, 0.05) is 0 Å². The van der Waals surface area contributed by atoms with Gasteiger partial charge in [0.05, 0.1) is 24.5 Å². The van der Waals surface area contributed by atoms with Crippen LogP contribution in [-0.2, 0) is 14.8 Å². The van der Waals surface area contributed by atoms with E-state index < -0.39 is 22.5 Å². The summed E-state index contributed by atoms with van der Waals surface area (Å²) in [7, 11) is -3.75. The lowest BCUT2D eigenvalue weighted by molar-refractivity contribution is -0.303. The normalized spacial score (nSPS) is 11.1. The Morgan fingerprint density at radius 1 is 0.966 bits per heavy atom. The Morgan fingerprint density at radius 2 is 1.59 bits per heavy atom. The van der Waals surface area contributed by atoms with Crippen molar-refractivity contribution in [3.05, 3.63) is 78.4 Å². The molecule has 0 amide bonds. The summed E-state index contributed by atoms with van der Waals surface area (Å²) in [6.45, 7) is 1.11. The quantitative estimate of drug-likeness (QED) is 0.598. The zero-order valence-corrected chi connectivity index (χ0v) is 16.8. The van der Waals surface area contributed by atoms with Crippen molar-refractivity contribution >= 4 is 21.7 Å². The van der Waals surface area contributed by atoms with Gasteiger partial charge in [-0.2, -0.15) is 0 Å². The average Bonchev–Trinajstić information content (AvgIpc) is 2.67. The number of sulfonamides is 1. The van der Waals surface area contributed by atoms with Crippen LogP contribution in [0.15, 0.2) is 72.8 Å². The molecule has 0 aromatic heterocycles. The summed E-state index contributed by atoms with van der Waals surface area (Å²) in [6, 6.07) is 22.0. The fourth-order valence-corrected chi connectivity index (χ4v) is 3.81. The summed E-state index contributed by atoms with van der Waals surface area (Å²) in [4.78, 5) is 10.9. The van der Waals surface area contributed by atoms with E-state index in [9.17, 15) is 18.3 Å².